The van der Waals surface area contributed by atoms with Crippen molar-refractivity contribution in [2.24, 2.45) is 11.8 Å². The number of imidazole rings is 1. The molecule has 4 N–H and O–H groups in total. The number of ether oxygens (including phenoxy) is 2. The van der Waals surface area contributed by atoms with Crippen molar-refractivity contribution < 1.29 is 28.7 Å². The van der Waals surface area contributed by atoms with E-state index in [0.29, 0.717) is 13.1 Å². The summed E-state index contributed by atoms with van der Waals surface area (Å²) in [6.45, 7) is 8.86. The van der Waals surface area contributed by atoms with E-state index in [-0.39, 0.29) is 35.7 Å². The van der Waals surface area contributed by atoms with Crippen LogP contribution in [0.5, 0.6) is 0 Å². The van der Waals surface area contributed by atoms with Crippen molar-refractivity contribution in [2.45, 2.75) is 77.5 Å². The van der Waals surface area contributed by atoms with E-state index in [1.54, 1.807) is 6.20 Å². The lowest BCUT2D eigenvalue weighted by Crippen LogP contribution is -2.51. The van der Waals surface area contributed by atoms with E-state index >= 15 is 0 Å². The normalized spacial score (nSPS) is 18.1. The van der Waals surface area contributed by atoms with Crippen LogP contribution < -0.4 is 10.6 Å². The molecule has 0 saturated carbocycles. The predicted molar refractivity (Wildman–Crippen MR) is 205 cm³/mol. The topological polar surface area (TPSA) is 162 Å². The number of H-pyrrole nitrogens is 2. The quantitative estimate of drug-likeness (QED) is 0.131. The number of carbonyl (C=O) groups is 4. The standard InChI is InChI=1S/C41H51N7O6/c1-24(2)35(45-40(51)53-5)38(49)47-21-7-9-33(47)31-20-19-30(43-31)28-15-11-26(12-16-28)27-13-17-29(18-14-27)32-23-42-37(44-32)34-10-8-22-48(34)39(50)36(25(3)4)46-41(52)54-6/h11-20,23-25,33-36,43H,7-10,21-22H2,1-6H3,(H,42,44)(H,45,51)(H,46,52)/t33?,34-,35?,36-/m0/s1. The molecule has 2 aromatic carbocycles. The zero-order valence-corrected chi connectivity index (χ0v) is 31.8. The summed E-state index contributed by atoms with van der Waals surface area (Å²) in [6.07, 6.45) is 3.94. The third-order valence-electron chi connectivity index (χ3n) is 10.6. The summed E-state index contributed by atoms with van der Waals surface area (Å²) >= 11 is 0. The van der Waals surface area contributed by atoms with Gasteiger partial charge < -0.3 is 39.9 Å². The van der Waals surface area contributed by atoms with Crippen LogP contribution in [-0.2, 0) is 19.1 Å². The SMILES string of the molecule is COC(=O)NC(C(=O)N1CCCC1c1ccc(-c2ccc(-c3ccc(-c4cnc([C@@H]5CCCN5C(=O)[C@@H](NC(=O)OC)C(C)C)[nH]4)cc3)cc2)[nH]1)C(C)C. The van der Waals surface area contributed by atoms with Gasteiger partial charge in [-0.1, -0.05) is 76.2 Å². The number of carbonyl (C=O) groups excluding carboxylic acids is 4. The van der Waals surface area contributed by atoms with Gasteiger partial charge >= 0.3 is 12.2 Å². The molecule has 0 radical (unpaired) electrons. The van der Waals surface area contributed by atoms with Crippen LogP contribution >= 0.6 is 0 Å². The van der Waals surface area contributed by atoms with E-state index in [1.165, 1.54) is 14.2 Å². The summed E-state index contributed by atoms with van der Waals surface area (Å²) in [5.41, 5.74) is 6.98. The van der Waals surface area contributed by atoms with Crippen LogP contribution in [0.2, 0.25) is 0 Å². The summed E-state index contributed by atoms with van der Waals surface area (Å²) < 4.78 is 9.51. The second-order valence-corrected chi connectivity index (χ2v) is 14.8. The van der Waals surface area contributed by atoms with Gasteiger partial charge in [0.15, 0.2) is 0 Å². The van der Waals surface area contributed by atoms with Gasteiger partial charge in [-0.05, 0) is 71.9 Å². The van der Waals surface area contributed by atoms with Gasteiger partial charge in [-0.2, -0.15) is 0 Å². The molecule has 2 aromatic heterocycles. The number of nitrogens with one attached hydrogen (secondary N) is 4. The van der Waals surface area contributed by atoms with Gasteiger partial charge in [0.05, 0.1) is 38.2 Å². The molecule has 4 amide bonds. The Morgan fingerprint density at radius 3 is 1.61 bits per heavy atom. The maximum Gasteiger partial charge on any atom is 0.407 e. The monoisotopic (exact) mass is 737 g/mol. The van der Waals surface area contributed by atoms with Gasteiger partial charge in [-0.25, -0.2) is 14.6 Å². The molecule has 6 rings (SSSR count). The van der Waals surface area contributed by atoms with E-state index in [2.05, 4.69) is 74.1 Å². The Hall–Kier alpha value is -5.59. The molecule has 4 aromatic rings. The van der Waals surface area contributed by atoms with Crippen molar-refractivity contribution in [3.63, 3.8) is 0 Å². The molecule has 13 heteroatoms. The first-order chi connectivity index (χ1) is 26.0. The minimum Gasteiger partial charge on any atom is -0.453 e. The number of hydrogen-bond acceptors (Lipinski definition) is 7. The van der Waals surface area contributed by atoms with Gasteiger partial charge in [0.25, 0.3) is 0 Å². The lowest BCUT2D eigenvalue weighted by atomic mass is 10.0. The van der Waals surface area contributed by atoms with Crippen molar-refractivity contribution in [1.29, 1.82) is 0 Å². The number of rotatable bonds is 11. The molecule has 2 aliphatic heterocycles. The molecule has 0 spiro atoms. The molecular weight excluding hydrogens is 686 g/mol. The number of alkyl carbamates (subject to hydrolysis) is 2. The first-order valence-electron chi connectivity index (χ1n) is 18.7. The highest BCUT2D eigenvalue weighted by Gasteiger charge is 2.38. The smallest absolute Gasteiger partial charge is 0.407 e. The van der Waals surface area contributed by atoms with Crippen molar-refractivity contribution in [2.75, 3.05) is 27.3 Å². The maximum absolute atomic E-state index is 13.5. The van der Waals surface area contributed by atoms with E-state index in [4.69, 9.17) is 9.47 Å². The first-order valence-corrected chi connectivity index (χ1v) is 18.7. The fourth-order valence-corrected chi connectivity index (χ4v) is 7.54. The highest BCUT2D eigenvalue weighted by molar-refractivity contribution is 5.87. The maximum atomic E-state index is 13.5. The number of benzene rings is 2. The van der Waals surface area contributed by atoms with Crippen molar-refractivity contribution in [3.05, 3.63) is 78.4 Å². The minimum atomic E-state index is -0.684. The molecule has 0 aliphatic carbocycles. The molecule has 2 saturated heterocycles. The molecular formula is C41H51N7O6. The number of methoxy groups -OCH3 is 2. The summed E-state index contributed by atoms with van der Waals surface area (Å²) in [5.74, 6) is 0.304. The fourth-order valence-electron chi connectivity index (χ4n) is 7.54. The van der Waals surface area contributed by atoms with Crippen LogP contribution in [0.3, 0.4) is 0 Å². The van der Waals surface area contributed by atoms with Gasteiger partial charge in [0.1, 0.15) is 17.9 Å². The minimum absolute atomic E-state index is 0.0837. The van der Waals surface area contributed by atoms with Gasteiger partial charge in [0, 0.05) is 24.5 Å². The summed E-state index contributed by atoms with van der Waals surface area (Å²) in [6, 6.07) is 19.1. The zero-order chi connectivity index (χ0) is 38.5. The zero-order valence-electron chi connectivity index (χ0n) is 31.8. The third-order valence-corrected chi connectivity index (χ3v) is 10.6. The number of aromatic amines is 2. The van der Waals surface area contributed by atoms with Crippen LogP contribution in [-0.4, -0.2) is 88.1 Å². The van der Waals surface area contributed by atoms with Gasteiger partial charge in [-0.3, -0.25) is 9.59 Å². The molecule has 4 atom stereocenters. The molecule has 54 heavy (non-hydrogen) atoms. The lowest BCUT2D eigenvalue weighted by molar-refractivity contribution is -0.136. The van der Waals surface area contributed by atoms with Gasteiger partial charge in [-0.15, -0.1) is 0 Å². The van der Waals surface area contributed by atoms with Crippen LogP contribution in [0.1, 0.15) is 77.0 Å². The fraction of sp³-hybridized carbons (Fsp3) is 0.439. The molecule has 0 bridgehead atoms. The second kappa shape index (κ2) is 16.6. The molecule has 4 heterocycles. The average molecular weight is 738 g/mol. The highest BCUT2D eigenvalue weighted by Crippen LogP contribution is 2.36. The molecule has 13 nitrogen and oxygen atoms in total. The van der Waals surface area contributed by atoms with E-state index in [0.717, 1.165) is 70.8 Å². The molecule has 286 valence electrons. The van der Waals surface area contributed by atoms with Crippen LogP contribution in [0, 0.1) is 11.8 Å². The lowest BCUT2D eigenvalue weighted by Gasteiger charge is -2.30. The van der Waals surface area contributed by atoms with Crippen molar-refractivity contribution in [3.8, 4) is 33.6 Å². The summed E-state index contributed by atoms with van der Waals surface area (Å²) in [4.78, 5) is 66.3. The Morgan fingerprint density at radius 1 is 0.648 bits per heavy atom. The van der Waals surface area contributed by atoms with Gasteiger partial charge in [0.2, 0.25) is 11.8 Å². The number of likely N-dealkylation sites (tertiary alicyclic amines) is 2. The Labute approximate surface area is 316 Å². The Bertz CT molecular complexity index is 1790. The molecule has 2 unspecified atom stereocenters. The molecule has 2 fully saturated rings. The average Bonchev–Trinajstić information content (AvgIpc) is 4.02. The highest BCUT2D eigenvalue weighted by atomic mass is 16.5. The van der Waals surface area contributed by atoms with Crippen LogP contribution in [0.4, 0.5) is 9.59 Å². The van der Waals surface area contributed by atoms with Crippen molar-refractivity contribution >= 4 is 24.0 Å². The van der Waals surface area contributed by atoms with E-state index < -0.39 is 24.3 Å². The first kappa shape index (κ1) is 38.1. The number of nitrogens with zero attached hydrogens (tertiary/aromatic N) is 3. The number of hydrogen-bond donors (Lipinski definition) is 4. The third kappa shape index (κ3) is 8.14. The Kier molecular flexibility index (Phi) is 11.7. The second-order valence-electron chi connectivity index (χ2n) is 14.8. The van der Waals surface area contributed by atoms with E-state index in [9.17, 15) is 19.2 Å². The largest absolute Gasteiger partial charge is 0.453 e. The van der Waals surface area contributed by atoms with Crippen LogP contribution in [0.25, 0.3) is 33.6 Å². The Morgan fingerprint density at radius 2 is 1.11 bits per heavy atom. The van der Waals surface area contributed by atoms with Crippen molar-refractivity contribution in [1.82, 2.24) is 35.4 Å². The Balaban J connectivity index is 1.11. The number of amides is 4. The predicted octanol–water partition coefficient (Wildman–Crippen LogP) is 6.83. The number of aromatic nitrogens is 3. The van der Waals surface area contributed by atoms with Crippen LogP contribution in [0.15, 0.2) is 66.9 Å². The molecule has 2 aliphatic rings. The van der Waals surface area contributed by atoms with E-state index in [1.807, 2.05) is 49.6 Å². The summed E-state index contributed by atoms with van der Waals surface area (Å²) in [7, 11) is 2.59. The summed E-state index contributed by atoms with van der Waals surface area (Å²) in [5, 5.41) is 5.41.